The van der Waals surface area contributed by atoms with Crippen molar-refractivity contribution in [3.05, 3.63) is 65.7 Å². The lowest BCUT2D eigenvalue weighted by atomic mass is 9.96. The average molecular weight is 360 g/mol. The Bertz CT molecular complexity index is 998. The highest BCUT2D eigenvalue weighted by molar-refractivity contribution is 5.82. The molecule has 1 atom stereocenters. The molecule has 0 aliphatic heterocycles. The molecule has 3 aromatic carbocycles. The van der Waals surface area contributed by atoms with Gasteiger partial charge in [0.25, 0.3) is 0 Å². The summed E-state index contributed by atoms with van der Waals surface area (Å²) >= 11 is 0. The van der Waals surface area contributed by atoms with E-state index in [1.54, 1.807) is 14.2 Å². The lowest BCUT2D eigenvalue weighted by Crippen LogP contribution is -2.04. The van der Waals surface area contributed by atoms with E-state index in [9.17, 15) is 0 Å². The van der Waals surface area contributed by atoms with Crippen LogP contribution in [0.25, 0.3) is 22.3 Å². The highest BCUT2D eigenvalue weighted by Gasteiger charge is 2.19. The molecule has 3 aromatic rings. The van der Waals surface area contributed by atoms with Crippen molar-refractivity contribution in [3.8, 4) is 33.8 Å². The monoisotopic (exact) mass is 360 g/mol. The second kappa shape index (κ2) is 6.97. The molecular weight excluding hydrogens is 336 g/mol. The molecular formula is C23H24N2O2. The zero-order chi connectivity index (χ0) is 19.0. The largest absolute Gasteiger partial charge is 0.493 e. The minimum Gasteiger partial charge on any atom is -0.493 e. The predicted octanol–water partition coefficient (Wildman–Crippen LogP) is 4.57. The number of hydrogen-bond acceptors (Lipinski definition) is 4. The molecule has 1 aliphatic carbocycles. The first kappa shape index (κ1) is 17.4. The number of anilines is 1. The van der Waals surface area contributed by atoms with E-state index in [1.165, 1.54) is 11.1 Å². The second-order valence-electron chi connectivity index (χ2n) is 6.93. The van der Waals surface area contributed by atoms with Crippen LogP contribution < -0.4 is 20.9 Å². The van der Waals surface area contributed by atoms with E-state index in [1.807, 2.05) is 24.3 Å². The number of nitrogens with two attached hydrogens (primary N) is 2. The van der Waals surface area contributed by atoms with Crippen LogP contribution in [0, 0.1) is 0 Å². The molecule has 0 amide bonds. The van der Waals surface area contributed by atoms with Crippen LogP contribution in [0.15, 0.2) is 54.6 Å². The highest BCUT2D eigenvalue weighted by atomic mass is 16.5. The molecule has 4 N–H and O–H groups in total. The lowest BCUT2D eigenvalue weighted by molar-refractivity contribution is 0.355. The third kappa shape index (κ3) is 3.13. The minimum absolute atomic E-state index is 0.166. The standard InChI is InChI=1S/C23H24N2O2/c1-26-22-10-6-15(13-23(22)27-2)14-3-7-19(21(25)12-14)16-4-8-18-17(11-16)5-9-20(18)24/h3-4,6-8,10-13,20H,5,9,24-25H2,1-2H3. The third-order valence-electron chi connectivity index (χ3n) is 5.35. The Hall–Kier alpha value is -2.98. The van der Waals surface area contributed by atoms with Gasteiger partial charge in [0.1, 0.15) is 0 Å². The molecule has 0 aromatic heterocycles. The summed E-state index contributed by atoms with van der Waals surface area (Å²) in [6, 6.07) is 18.7. The molecule has 4 rings (SSSR count). The van der Waals surface area contributed by atoms with Crippen LogP contribution in [-0.2, 0) is 6.42 Å². The van der Waals surface area contributed by atoms with Crippen molar-refractivity contribution in [1.29, 1.82) is 0 Å². The molecule has 138 valence electrons. The Kier molecular flexibility index (Phi) is 4.50. The number of methoxy groups -OCH3 is 2. The molecule has 0 radical (unpaired) electrons. The van der Waals surface area contributed by atoms with Gasteiger partial charge in [0, 0.05) is 17.3 Å². The van der Waals surface area contributed by atoms with Gasteiger partial charge in [0.2, 0.25) is 0 Å². The zero-order valence-corrected chi connectivity index (χ0v) is 15.7. The van der Waals surface area contributed by atoms with Crippen molar-refractivity contribution in [1.82, 2.24) is 0 Å². The Morgan fingerprint density at radius 3 is 2.26 bits per heavy atom. The maximum Gasteiger partial charge on any atom is 0.161 e. The van der Waals surface area contributed by atoms with Gasteiger partial charge in [-0.3, -0.25) is 0 Å². The number of benzene rings is 3. The fourth-order valence-corrected chi connectivity index (χ4v) is 3.84. The van der Waals surface area contributed by atoms with Gasteiger partial charge in [0.05, 0.1) is 14.2 Å². The van der Waals surface area contributed by atoms with E-state index < -0.39 is 0 Å². The molecule has 1 unspecified atom stereocenters. The first-order valence-corrected chi connectivity index (χ1v) is 9.11. The van der Waals surface area contributed by atoms with Crippen molar-refractivity contribution in [2.24, 2.45) is 5.73 Å². The Balaban J connectivity index is 1.69. The molecule has 0 saturated heterocycles. The Morgan fingerprint density at radius 1 is 0.815 bits per heavy atom. The number of aryl methyl sites for hydroxylation is 1. The molecule has 0 fully saturated rings. The summed E-state index contributed by atoms with van der Waals surface area (Å²) in [5.74, 6) is 1.41. The number of hydrogen-bond donors (Lipinski definition) is 2. The van der Waals surface area contributed by atoms with Crippen LogP contribution in [0.3, 0.4) is 0 Å². The quantitative estimate of drug-likeness (QED) is 0.669. The van der Waals surface area contributed by atoms with E-state index in [-0.39, 0.29) is 6.04 Å². The maximum atomic E-state index is 6.41. The van der Waals surface area contributed by atoms with Gasteiger partial charge in [0.15, 0.2) is 11.5 Å². The summed E-state index contributed by atoms with van der Waals surface area (Å²) in [6.45, 7) is 0. The SMILES string of the molecule is COc1ccc(-c2ccc(-c3ccc4c(c3)CCC4N)c(N)c2)cc1OC. The van der Waals surface area contributed by atoms with Crippen molar-refractivity contribution < 1.29 is 9.47 Å². The topological polar surface area (TPSA) is 70.5 Å². The van der Waals surface area contributed by atoms with E-state index in [4.69, 9.17) is 20.9 Å². The fraction of sp³-hybridized carbons (Fsp3) is 0.217. The molecule has 0 spiro atoms. The second-order valence-corrected chi connectivity index (χ2v) is 6.93. The normalized spacial score (nSPS) is 15.4. The van der Waals surface area contributed by atoms with E-state index in [0.29, 0.717) is 11.5 Å². The molecule has 4 nitrogen and oxygen atoms in total. The van der Waals surface area contributed by atoms with Gasteiger partial charge in [-0.05, 0) is 58.9 Å². The molecule has 27 heavy (non-hydrogen) atoms. The number of ether oxygens (including phenoxy) is 2. The van der Waals surface area contributed by atoms with Gasteiger partial charge in [-0.2, -0.15) is 0 Å². The van der Waals surface area contributed by atoms with E-state index >= 15 is 0 Å². The van der Waals surface area contributed by atoms with Gasteiger partial charge in [-0.15, -0.1) is 0 Å². The fourth-order valence-electron chi connectivity index (χ4n) is 3.84. The summed E-state index contributed by atoms with van der Waals surface area (Å²) in [6.07, 6.45) is 2.06. The summed E-state index contributed by atoms with van der Waals surface area (Å²) in [7, 11) is 3.27. The number of nitrogen functional groups attached to an aromatic ring is 1. The third-order valence-corrected chi connectivity index (χ3v) is 5.35. The average Bonchev–Trinajstić information content (AvgIpc) is 3.07. The van der Waals surface area contributed by atoms with Gasteiger partial charge < -0.3 is 20.9 Å². The molecule has 0 saturated carbocycles. The van der Waals surface area contributed by atoms with Crippen LogP contribution in [0.4, 0.5) is 5.69 Å². The van der Waals surface area contributed by atoms with Crippen molar-refractivity contribution in [2.45, 2.75) is 18.9 Å². The first-order valence-electron chi connectivity index (χ1n) is 9.11. The van der Waals surface area contributed by atoms with Crippen LogP contribution >= 0.6 is 0 Å². The molecule has 0 heterocycles. The molecule has 1 aliphatic rings. The summed E-state index contributed by atoms with van der Waals surface area (Å²) in [4.78, 5) is 0. The van der Waals surface area contributed by atoms with Gasteiger partial charge >= 0.3 is 0 Å². The Morgan fingerprint density at radius 2 is 1.52 bits per heavy atom. The number of rotatable bonds is 4. The highest BCUT2D eigenvalue weighted by Crippen LogP contribution is 2.37. The first-order chi connectivity index (χ1) is 13.1. The minimum atomic E-state index is 0.166. The van der Waals surface area contributed by atoms with Crippen molar-refractivity contribution >= 4 is 5.69 Å². The van der Waals surface area contributed by atoms with Crippen LogP contribution in [0.2, 0.25) is 0 Å². The number of fused-ring (bicyclic) bond motifs is 1. The zero-order valence-electron chi connectivity index (χ0n) is 15.7. The summed E-state index contributed by atoms with van der Waals surface area (Å²) in [5, 5.41) is 0. The van der Waals surface area contributed by atoms with Gasteiger partial charge in [-0.1, -0.05) is 36.4 Å². The van der Waals surface area contributed by atoms with E-state index in [2.05, 4.69) is 30.3 Å². The Labute approximate surface area is 159 Å². The van der Waals surface area contributed by atoms with Crippen LogP contribution in [0.5, 0.6) is 11.5 Å². The summed E-state index contributed by atoms with van der Waals surface area (Å²) in [5.41, 5.74) is 20.2. The molecule has 0 bridgehead atoms. The van der Waals surface area contributed by atoms with Crippen molar-refractivity contribution in [3.63, 3.8) is 0 Å². The van der Waals surface area contributed by atoms with E-state index in [0.717, 1.165) is 40.8 Å². The smallest absolute Gasteiger partial charge is 0.161 e. The predicted molar refractivity (Wildman–Crippen MR) is 110 cm³/mol. The van der Waals surface area contributed by atoms with Crippen molar-refractivity contribution in [2.75, 3.05) is 20.0 Å². The maximum absolute atomic E-state index is 6.41. The lowest BCUT2D eigenvalue weighted by Gasteiger charge is -2.13. The van der Waals surface area contributed by atoms with Crippen LogP contribution in [0.1, 0.15) is 23.6 Å². The summed E-state index contributed by atoms with van der Waals surface area (Å²) < 4.78 is 10.7. The van der Waals surface area contributed by atoms with Gasteiger partial charge in [-0.25, -0.2) is 0 Å². The molecule has 4 heteroatoms. The van der Waals surface area contributed by atoms with Crippen LogP contribution in [-0.4, -0.2) is 14.2 Å².